The van der Waals surface area contributed by atoms with E-state index in [0.717, 1.165) is 17.8 Å². The van der Waals surface area contributed by atoms with Crippen molar-refractivity contribution in [1.29, 1.82) is 0 Å². The fourth-order valence-electron chi connectivity index (χ4n) is 3.95. The van der Waals surface area contributed by atoms with Gasteiger partial charge in [-0.2, -0.15) is 0 Å². The second kappa shape index (κ2) is 10.3. The third-order valence-electron chi connectivity index (χ3n) is 5.28. The van der Waals surface area contributed by atoms with Crippen molar-refractivity contribution in [3.05, 3.63) is 24.3 Å². The topological polar surface area (TPSA) is 9.23 Å². The standard InChI is InChI=1S/C21H38O/c1-7-9-10-17(5)15-21(22-13-8-2)20-14-18(6)11-12-19(20)16(3)4/h8,15-16,18-21H,2,7,9-14H2,1,3-6H3/b17-15+/t18-,19+,20-,21+/m1/s1. The molecule has 0 N–H and O–H groups in total. The second-order valence-corrected chi connectivity index (χ2v) is 7.69. The van der Waals surface area contributed by atoms with E-state index in [1.807, 2.05) is 6.08 Å². The van der Waals surface area contributed by atoms with Crippen LogP contribution in [0.5, 0.6) is 0 Å². The van der Waals surface area contributed by atoms with Crippen molar-refractivity contribution >= 4 is 0 Å². The predicted octanol–water partition coefficient (Wildman–Crippen LogP) is 6.40. The Hall–Kier alpha value is -0.560. The average molecular weight is 307 g/mol. The minimum absolute atomic E-state index is 0.269. The smallest absolute Gasteiger partial charge is 0.0793 e. The Labute approximate surface area is 139 Å². The second-order valence-electron chi connectivity index (χ2n) is 7.69. The molecular weight excluding hydrogens is 268 g/mol. The summed E-state index contributed by atoms with van der Waals surface area (Å²) in [5.74, 6) is 3.04. The van der Waals surface area contributed by atoms with Crippen LogP contribution >= 0.6 is 0 Å². The summed E-state index contributed by atoms with van der Waals surface area (Å²) < 4.78 is 6.22. The summed E-state index contributed by atoms with van der Waals surface area (Å²) in [6.45, 7) is 16.2. The third kappa shape index (κ3) is 6.28. The van der Waals surface area contributed by atoms with Crippen LogP contribution in [0, 0.1) is 23.7 Å². The molecule has 1 heteroatoms. The van der Waals surface area contributed by atoms with Crippen molar-refractivity contribution in [3.8, 4) is 0 Å². The summed E-state index contributed by atoms with van der Waals surface area (Å²) in [5, 5.41) is 0. The van der Waals surface area contributed by atoms with Gasteiger partial charge in [0.1, 0.15) is 0 Å². The minimum Gasteiger partial charge on any atom is -0.370 e. The highest BCUT2D eigenvalue weighted by atomic mass is 16.5. The molecule has 0 amide bonds. The molecule has 1 rings (SSSR count). The summed E-state index contributed by atoms with van der Waals surface area (Å²) in [6, 6.07) is 0. The zero-order chi connectivity index (χ0) is 16.5. The first-order chi connectivity index (χ1) is 10.5. The lowest BCUT2D eigenvalue weighted by molar-refractivity contribution is -0.00111. The van der Waals surface area contributed by atoms with Gasteiger partial charge in [0.15, 0.2) is 0 Å². The quantitative estimate of drug-likeness (QED) is 0.448. The lowest BCUT2D eigenvalue weighted by atomic mass is 9.68. The number of hydrogen-bond donors (Lipinski definition) is 0. The summed E-state index contributed by atoms with van der Waals surface area (Å²) in [5.41, 5.74) is 1.50. The molecule has 0 aromatic carbocycles. The first-order valence-electron chi connectivity index (χ1n) is 9.39. The summed E-state index contributed by atoms with van der Waals surface area (Å²) >= 11 is 0. The Bertz CT molecular complexity index is 342. The molecule has 0 spiro atoms. The van der Waals surface area contributed by atoms with Crippen molar-refractivity contribution in [1.82, 2.24) is 0 Å². The van der Waals surface area contributed by atoms with Crippen molar-refractivity contribution in [2.75, 3.05) is 6.61 Å². The van der Waals surface area contributed by atoms with Crippen LogP contribution in [0.4, 0.5) is 0 Å². The third-order valence-corrected chi connectivity index (χ3v) is 5.28. The zero-order valence-electron chi connectivity index (χ0n) is 15.6. The van der Waals surface area contributed by atoms with Crippen LogP contribution in [0.2, 0.25) is 0 Å². The normalized spacial score (nSPS) is 27.9. The molecule has 0 radical (unpaired) electrons. The Morgan fingerprint density at radius 2 is 2.00 bits per heavy atom. The van der Waals surface area contributed by atoms with Crippen LogP contribution in [-0.4, -0.2) is 12.7 Å². The summed E-state index contributed by atoms with van der Waals surface area (Å²) in [6.07, 6.45) is 12.4. The molecule has 4 atom stereocenters. The van der Waals surface area contributed by atoms with E-state index >= 15 is 0 Å². The number of rotatable bonds is 9. The van der Waals surface area contributed by atoms with E-state index in [9.17, 15) is 0 Å². The Kier molecular flexibility index (Phi) is 9.09. The number of hydrogen-bond acceptors (Lipinski definition) is 1. The van der Waals surface area contributed by atoms with Gasteiger partial charge in [0, 0.05) is 0 Å². The van der Waals surface area contributed by atoms with Crippen molar-refractivity contribution in [2.24, 2.45) is 23.7 Å². The average Bonchev–Trinajstić information content (AvgIpc) is 2.48. The molecule has 0 aliphatic heterocycles. The van der Waals surface area contributed by atoms with Gasteiger partial charge in [-0.3, -0.25) is 0 Å². The molecule has 1 fully saturated rings. The largest absolute Gasteiger partial charge is 0.370 e. The van der Waals surface area contributed by atoms with Gasteiger partial charge in [-0.25, -0.2) is 0 Å². The van der Waals surface area contributed by atoms with Gasteiger partial charge in [0.05, 0.1) is 12.7 Å². The van der Waals surface area contributed by atoms with Gasteiger partial charge in [-0.1, -0.05) is 58.3 Å². The van der Waals surface area contributed by atoms with Crippen molar-refractivity contribution in [3.63, 3.8) is 0 Å². The number of unbranched alkanes of at least 4 members (excludes halogenated alkanes) is 1. The minimum atomic E-state index is 0.269. The molecule has 0 unspecified atom stereocenters. The fraction of sp³-hybridized carbons (Fsp3) is 0.810. The zero-order valence-corrected chi connectivity index (χ0v) is 15.6. The van der Waals surface area contributed by atoms with Crippen molar-refractivity contribution < 1.29 is 4.74 Å². The molecule has 1 nitrogen and oxygen atoms in total. The van der Waals surface area contributed by atoms with E-state index in [-0.39, 0.29) is 6.10 Å². The van der Waals surface area contributed by atoms with Gasteiger partial charge < -0.3 is 4.74 Å². The van der Waals surface area contributed by atoms with Gasteiger partial charge in [0.2, 0.25) is 0 Å². The summed E-state index contributed by atoms with van der Waals surface area (Å²) in [7, 11) is 0. The van der Waals surface area contributed by atoms with Crippen LogP contribution in [0.3, 0.4) is 0 Å². The highest BCUT2D eigenvalue weighted by Gasteiger charge is 2.35. The predicted molar refractivity (Wildman–Crippen MR) is 98.1 cm³/mol. The van der Waals surface area contributed by atoms with Gasteiger partial charge >= 0.3 is 0 Å². The van der Waals surface area contributed by atoms with E-state index < -0.39 is 0 Å². The maximum absolute atomic E-state index is 6.22. The lowest BCUT2D eigenvalue weighted by Gasteiger charge is -2.41. The molecule has 0 aromatic rings. The maximum Gasteiger partial charge on any atom is 0.0793 e. The van der Waals surface area contributed by atoms with E-state index in [1.54, 1.807) is 0 Å². The maximum atomic E-state index is 6.22. The monoisotopic (exact) mass is 306 g/mol. The van der Waals surface area contributed by atoms with E-state index in [2.05, 4.69) is 47.3 Å². The Morgan fingerprint density at radius 3 is 2.59 bits per heavy atom. The molecule has 22 heavy (non-hydrogen) atoms. The van der Waals surface area contributed by atoms with Crippen LogP contribution in [0.15, 0.2) is 24.3 Å². The first kappa shape index (κ1) is 19.5. The summed E-state index contributed by atoms with van der Waals surface area (Å²) in [4.78, 5) is 0. The molecule has 1 aliphatic rings. The number of ether oxygens (including phenoxy) is 1. The van der Waals surface area contributed by atoms with Gasteiger partial charge in [-0.05, 0) is 56.3 Å². The first-order valence-corrected chi connectivity index (χ1v) is 9.39. The van der Waals surface area contributed by atoms with E-state index in [0.29, 0.717) is 12.5 Å². The highest BCUT2D eigenvalue weighted by Crippen LogP contribution is 2.41. The number of allylic oxidation sites excluding steroid dienone is 1. The van der Waals surface area contributed by atoms with Crippen LogP contribution in [-0.2, 0) is 4.74 Å². The fourth-order valence-corrected chi connectivity index (χ4v) is 3.95. The molecule has 1 saturated carbocycles. The van der Waals surface area contributed by atoms with Gasteiger partial charge in [-0.15, -0.1) is 6.58 Å². The van der Waals surface area contributed by atoms with Crippen LogP contribution < -0.4 is 0 Å². The molecule has 0 heterocycles. The Balaban J connectivity index is 2.88. The van der Waals surface area contributed by atoms with E-state index in [4.69, 9.17) is 4.74 Å². The molecular formula is C21H38O. The van der Waals surface area contributed by atoms with E-state index in [1.165, 1.54) is 44.1 Å². The lowest BCUT2D eigenvalue weighted by Crippen LogP contribution is -2.36. The molecule has 0 saturated heterocycles. The van der Waals surface area contributed by atoms with Crippen molar-refractivity contribution in [2.45, 2.75) is 79.2 Å². The molecule has 1 aliphatic carbocycles. The SMILES string of the molecule is C=CCO[C@@H](/C=C(\C)CCCC)[C@@H]1C[C@H](C)CC[C@H]1C(C)C. The Morgan fingerprint density at radius 1 is 1.27 bits per heavy atom. The molecule has 0 bridgehead atoms. The molecule has 128 valence electrons. The molecule has 0 aromatic heterocycles. The highest BCUT2D eigenvalue weighted by molar-refractivity contribution is 5.06. The van der Waals surface area contributed by atoms with Crippen LogP contribution in [0.25, 0.3) is 0 Å². The van der Waals surface area contributed by atoms with Crippen LogP contribution in [0.1, 0.15) is 73.1 Å². The van der Waals surface area contributed by atoms with Gasteiger partial charge in [0.25, 0.3) is 0 Å².